The van der Waals surface area contributed by atoms with E-state index in [0.29, 0.717) is 11.1 Å². The molecule has 2 amide bonds. The highest BCUT2D eigenvalue weighted by atomic mass is 19.4. The minimum atomic E-state index is -4.71. The number of hydrogen-bond donors (Lipinski definition) is 1. The number of pyridine rings is 1. The van der Waals surface area contributed by atoms with E-state index in [-0.39, 0.29) is 31.7 Å². The van der Waals surface area contributed by atoms with Crippen molar-refractivity contribution in [3.8, 4) is 5.75 Å². The standard InChI is InChI=1S/C41H47F6N3O9/c1-39(2,3)58-37(53)49-35(34(24-7-11-27(42)12-8-24)25-9-13-28(43)14-10-25)32(51)17-26-18-48-19-31(44)36(26)56-22-30-20-50(38(54)59-40(4,5)6)29(21-55-30)15-16-33(52)57-23-41(45,46)47/h7-14,18-19,29-30,34-35H,15-17,20-23H2,1-6H3,(H,49,53)/t29-,30+,35-/m1/s1. The van der Waals surface area contributed by atoms with Gasteiger partial charge in [-0.3, -0.25) is 14.6 Å². The summed E-state index contributed by atoms with van der Waals surface area (Å²) in [5, 5.41) is 2.60. The van der Waals surface area contributed by atoms with Crippen molar-refractivity contribution in [3.63, 3.8) is 0 Å². The molecule has 2 aromatic carbocycles. The van der Waals surface area contributed by atoms with Crippen LogP contribution < -0.4 is 10.1 Å². The molecule has 2 heterocycles. The van der Waals surface area contributed by atoms with Crippen LogP contribution in [-0.2, 0) is 35.0 Å². The number of carbonyl (C=O) groups excluding carboxylic acids is 4. The number of benzene rings is 2. The number of ketones is 1. The maximum absolute atomic E-state index is 15.5. The highest BCUT2D eigenvalue weighted by Gasteiger charge is 2.38. The van der Waals surface area contributed by atoms with Crippen LogP contribution in [0.5, 0.6) is 5.75 Å². The molecule has 59 heavy (non-hydrogen) atoms. The Morgan fingerprint density at radius 2 is 1.44 bits per heavy atom. The number of alkyl halides is 3. The number of rotatable bonds is 14. The molecule has 0 bridgehead atoms. The van der Waals surface area contributed by atoms with Crippen molar-refractivity contribution in [2.24, 2.45) is 0 Å². The molecule has 1 aliphatic rings. The third-order valence-corrected chi connectivity index (χ3v) is 8.59. The van der Waals surface area contributed by atoms with Crippen molar-refractivity contribution in [2.45, 2.75) is 102 Å². The van der Waals surface area contributed by atoms with E-state index in [0.717, 1.165) is 30.5 Å². The molecule has 4 rings (SSSR count). The number of halogens is 6. The maximum Gasteiger partial charge on any atom is 0.422 e. The number of carbonyl (C=O) groups is 4. The van der Waals surface area contributed by atoms with Crippen LogP contribution in [0.2, 0.25) is 0 Å². The van der Waals surface area contributed by atoms with Gasteiger partial charge in [0.2, 0.25) is 0 Å². The molecule has 0 aliphatic carbocycles. The van der Waals surface area contributed by atoms with Crippen molar-refractivity contribution in [1.29, 1.82) is 0 Å². The fourth-order valence-electron chi connectivity index (χ4n) is 6.09. The second-order valence-corrected chi connectivity index (χ2v) is 15.8. The van der Waals surface area contributed by atoms with Gasteiger partial charge in [-0.25, -0.2) is 22.8 Å². The van der Waals surface area contributed by atoms with E-state index < -0.39 is 108 Å². The molecule has 3 atom stereocenters. The van der Waals surface area contributed by atoms with Crippen molar-refractivity contribution in [3.05, 3.63) is 95.1 Å². The predicted octanol–water partition coefficient (Wildman–Crippen LogP) is 7.60. The van der Waals surface area contributed by atoms with E-state index >= 15 is 4.39 Å². The van der Waals surface area contributed by atoms with Gasteiger partial charge in [-0.05, 0) is 83.4 Å². The van der Waals surface area contributed by atoms with Crippen molar-refractivity contribution in [1.82, 2.24) is 15.2 Å². The summed E-state index contributed by atoms with van der Waals surface area (Å²) in [5.41, 5.74) is -1.21. The lowest BCUT2D eigenvalue weighted by atomic mass is 9.82. The lowest BCUT2D eigenvalue weighted by molar-refractivity contribution is -0.186. The van der Waals surface area contributed by atoms with E-state index in [2.05, 4.69) is 15.0 Å². The summed E-state index contributed by atoms with van der Waals surface area (Å²) in [6.45, 7) is 7.19. The smallest absolute Gasteiger partial charge is 0.422 e. The molecule has 322 valence electrons. The van der Waals surface area contributed by atoms with Crippen LogP contribution >= 0.6 is 0 Å². The molecule has 1 N–H and O–H groups in total. The quantitative estimate of drug-likeness (QED) is 0.0980. The van der Waals surface area contributed by atoms with E-state index in [1.165, 1.54) is 35.4 Å². The van der Waals surface area contributed by atoms with Gasteiger partial charge >= 0.3 is 24.3 Å². The topological polar surface area (TPSA) is 143 Å². The summed E-state index contributed by atoms with van der Waals surface area (Å²) in [4.78, 5) is 58.0. The van der Waals surface area contributed by atoms with Gasteiger partial charge in [0.25, 0.3) is 0 Å². The van der Waals surface area contributed by atoms with Gasteiger partial charge in [0.05, 0.1) is 25.4 Å². The van der Waals surface area contributed by atoms with Gasteiger partial charge in [0.15, 0.2) is 24.0 Å². The fraction of sp³-hybridized carbons (Fsp3) is 0.488. The molecule has 1 saturated heterocycles. The summed E-state index contributed by atoms with van der Waals surface area (Å²) in [6, 6.07) is 8.04. The van der Waals surface area contributed by atoms with Crippen LogP contribution in [-0.4, -0.2) is 95.8 Å². The zero-order valence-corrected chi connectivity index (χ0v) is 33.4. The van der Waals surface area contributed by atoms with Crippen LogP contribution in [0.25, 0.3) is 0 Å². The molecule has 0 unspecified atom stereocenters. The molecule has 18 heteroatoms. The van der Waals surface area contributed by atoms with Crippen molar-refractivity contribution in [2.75, 3.05) is 26.4 Å². The number of esters is 1. The Balaban J connectivity index is 1.58. The second kappa shape index (κ2) is 19.6. The molecule has 3 aromatic rings. The lowest BCUT2D eigenvalue weighted by Crippen LogP contribution is -2.55. The van der Waals surface area contributed by atoms with Gasteiger partial charge in [-0.15, -0.1) is 0 Å². The van der Waals surface area contributed by atoms with Crippen LogP contribution in [0.4, 0.5) is 35.9 Å². The average molecular weight is 840 g/mol. The van der Waals surface area contributed by atoms with Gasteiger partial charge in [0, 0.05) is 30.5 Å². The number of alkyl carbamates (subject to hydrolysis) is 1. The third-order valence-electron chi connectivity index (χ3n) is 8.59. The summed E-state index contributed by atoms with van der Waals surface area (Å²) in [6.07, 6.45) is -6.52. The molecule has 0 saturated carbocycles. The maximum atomic E-state index is 15.5. The van der Waals surface area contributed by atoms with Gasteiger partial charge < -0.3 is 33.9 Å². The Morgan fingerprint density at radius 3 is 1.98 bits per heavy atom. The highest BCUT2D eigenvalue weighted by molar-refractivity contribution is 5.91. The number of nitrogens with zero attached hydrogens (tertiary/aromatic N) is 2. The largest absolute Gasteiger partial charge is 0.487 e. The molecular formula is C41H47F6N3O9. The number of Topliss-reactive ketones (excluding diaryl/α,β-unsaturated/α-hetero) is 1. The zero-order valence-electron chi connectivity index (χ0n) is 33.4. The SMILES string of the molecule is CC(C)(C)OC(=O)N[C@H](C(=O)Cc1cncc(F)c1OC[C@@H]1CN(C(=O)OC(C)(C)C)[C@H](CCC(=O)OCC(F)(F)F)CO1)C(c1ccc(F)cc1)c1ccc(F)cc1. The second-order valence-electron chi connectivity index (χ2n) is 15.8. The molecule has 1 fully saturated rings. The first kappa shape index (κ1) is 46.3. The average Bonchev–Trinajstić information content (AvgIpc) is 3.12. The van der Waals surface area contributed by atoms with E-state index in [1.807, 2.05) is 0 Å². The highest BCUT2D eigenvalue weighted by Crippen LogP contribution is 2.32. The Morgan fingerprint density at radius 1 is 0.864 bits per heavy atom. The fourth-order valence-corrected chi connectivity index (χ4v) is 6.09. The van der Waals surface area contributed by atoms with Crippen LogP contribution in [0.1, 0.15) is 77.0 Å². The third kappa shape index (κ3) is 14.7. The molecule has 12 nitrogen and oxygen atoms in total. The number of amides is 2. The molecule has 1 aromatic heterocycles. The molecule has 1 aliphatic heterocycles. The number of ether oxygens (including phenoxy) is 5. The summed E-state index contributed by atoms with van der Waals surface area (Å²) in [5.74, 6) is -5.33. The van der Waals surface area contributed by atoms with E-state index in [4.69, 9.17) is 18.9 Å². The van der Waals surface area contributed by atoms with Crippen LogP contribution in [0.3, 0.4) is 0 Å². The Kier molecular flexibility index (Phi) is 15.4. The van der Waals surface area contributed by atoms with Gasteiger partial charge in [-0.1, -0.05) is 24.3 Å². The summed E-state index contributed by atoms with van der Waals surface area (Å²) in [7, 11) is 0. The van der Waals surface area contributed by atoms with Crippen molar-refractivity contribution < 1.29 is 69.2 Å². The first-order chi connectivity index (χ1) is 27.5. The molecule has 0 spiro atoms. The van der Waals surface area contributed by atoms with Crippen molar-refractivity contribution >= 4 is 23.9 Å². The Bertz CT molecular complexity index is 1870. The van der Waals surface area contributed by atoms with Crippen LogP contribution in [0.15, 0.2) is 60.9 Å². The normalized spacial score (nSPS) is 16.6. The minimum absolute atomic E-state index is 0.0435. The predicted molar refractivity (Wildman–Crippen MR) is 199 cm³/mol. The summed E-state index contributed by atoms with van der Waals surface area (Å²) < 4.78 is 108. The summed E-state index contributed by atoms with van der Waals surface area (Å²) >= 11 is 0. The van der Waals surface area contributed by atoms with Gasteiger partial charge in [0.1, 0.15) is 41.6 Å². The minimum Gasteiger partial charge on any atom is -0.487 e. The number of aromatic nitrogens is 1. The molecule has 0 radical (unpaired) electrons. The van der Waals surface area contributed by atoms with E-state index in [9.17, 15) is 41.1 Å². The Hall–Kier alpha value is -5.39. The van der Waals surface area contributed by atoms with E-state index in [1.54, 1.807) is 41.5 Å². The van der Waals surface area contributed by atoms with Crippen LogP contribution in [0, 0.1) is 17.5 Å². The lowest BCUT2D eigenvalue weighted by Gasteiger charge is -2.40. The molecular weight excluding hydrogens is 792 g/mol. The number of morpholine rings is 1. The number of nitrogens with one attached hydrogen (secondary N) is 1. The first-order valence-corrected chi connectivity index (χ1v) is 18.6. The van der Waals surface area contributed by atoms with Gasteiger partial charge in [-0.2, -0.15) is 13.2 Å². The zero-order chi connectivity index (χ0) is 43.7. The first-order valence-electron chi connectivity index (χ1n) is 18.6. The monoisotopic (exact) mass is 839 g/mol. The Labute approximate surface area is 337 Å². The number of hydrogen-bond acceptors (Lipinski definition) is 10.